The van der Waals surface area contributed by atoms with Crippen molar-refractivity contribution in [2.45, 2.75) is 26.2 Å². The van der Waals surface area contributed by atoms with Crippen molar-refractivity contribution in [3.05, 3.63) is 151 Å². The van der Waals surface area contributed by atoms with Crippen LogP contribution >= 0.6 is 11.3 Å². The maximum Gasteiger partial charge on any atom is 0.198 e. The van der Waals surface area contributed by atoms with Crippen molar-refractivity contribution in [3.8, 4) is 16.8 Å². The summed E-state index contributed by atoms with van der Waals surface area (Å²) in [4.78, 5) is 0. The van der Waals surface area contributed by atoms with E-state index in [-0.39, 0.29) is 5.41 Å². The number of rotatable bonds is 3. The Hall–Kier alpha value is -6.76. The number of fused-ring (bicyclic) bond motifs is 14. The van der Waals surface area contributed by atoms with E-state index in [2.05, 4.69) is 171 Å². The fraction of sp³-hybridized carbons (Fsp3) is 0.0769. The Morgan fingerprint density at radius 3 is 1.98 bits per heavy atom. The number of furan rings is 2. The molecule has 4 nitrogen and oxygen atoms in total. The average Bonchev–Trinajstić information content (AvgIpc) is 3.98. The highest BCUT2D eigenvalue weighted by atomic mass is 32.1. The fourth-order valence-corrected chi connectivity index (χ4v) is 10.7. The molecule has 0 saturated carbocycles. The second-order valence-corrected chi connectivity index (χ2v) is 17.9. The molecule has 0 fully saturated rings. The molecule has 13 rings (SSSR count). The Bertz CT molecular complexity index is 3720. The van der Waals surface area contributed by atoms with Crippen molar-refractivity contribution in [2.75, 3.05) is 5.32 Å². The van der Waals surface area contributed by atoms with E-state index >= 15 is 0 Å². The third-order valence-electron chi connectivity index (χ3n) is 12.4. The van der Waals surface area contributed by atoms with Gasteiger partial charge in [-0.2, -0.15) is 0 Å². The molecule has 1 N–H and O–H groups in total. The van der Waals surface area contributed by atoms with Crippen LogP contribution in [0.3, 0.4) is 0 Å². The van der Waals surface area contributed by atoms with Crippen molar-refractivity contribution in [3.63, 3.8) is 0 Å². The van der Waals surface area contributed by atoms with Gasteiger partial charge < -0.3 is 18.7 Å². The molecule has 12 aromatic rings. The van der Waals surface area contributed by atoms with E-state index in [1.54, 1.807) is 0 Å². The van der Waals surface area contributed by atoms with Gasteiger partial charge in [-0.1, -0.05) is 105 Å². The first kappa shape index (κ1) is 32.3. The van der Waals surface area contributed by atoms with E-state index in [1.807, 2.05) is 23.5 Å². The minimum atomic E-state index is 0.0753. The molecule has 273 valence electrons. The highest BCUT2D eigenvalue weighted by molar-refractivity contribution is 7.25. The van der Waals surface area contributed by atoms with Crippen LogP contribution in [0, 0.1) is 0 Å². The molecule has 1 aliphatic rings. The van der Waals surface area contributed by atoms with Crippen LogP contribution in [-0.4, -0.2) is 11.8 Å². The predicted octanol–water partition coefficient (Wildman–Crippen LogP) is 13.6. The van der Waals surface area contributed by atoms with Crippen molar-refractivity contribution >= 4 is 127 Å². The molecule has 0 bridgehead atoms. The number of nitrogens with zero attached hydrogens (tertiary/aromatic N) is 1. The summed E-state index contributed by atoms with van der Waals surface area (Å²) in [6.07, 6.45) is 0. The lowest BCUT2D eigenvalue weighted by Gasteiger charge is -2.24. The summed E-state index contributed by atoms with van der Waals surface area (Å²) < 4.78 is 18.1. The van der Waals surface area contributed by atoms with Gasteiger partial charge in [0.15, 0.2) is 7.28 Å². The predicted molar refractivity (Wildman–Crippen MR) is 247 cm³/mol. The van der Waals surface area contributed by atoms with Crippen LogP contribution in [0.5, 0.6) is 0 Å². The monoisotopic (exact) mass is 761 g/mol. The van der Waals surface area contributed by atoms with Crippen LogP contribution < -0.4 is 16.2 Å². The van der Waals surface area contributed by atoms with Crippen LogP contribution in [-0.2, 0) is 5.41 Å². The van der Waals surface area contributed by atoms with Crippen molar-refractivity contribution < 1.29 is 8.83 Å². The zero-order valence-electron chi connectivity index (χ0n) is 32.1. The number of thiophene rings is 1. The summed E-state index contributed by atoms with van der Waals surface area (Å²) in [7, 11) is 2.38. The Balaban J connectivity index is 1.12. The molecular weight excluding hydrogens is 727 g/mol. The first-order valence-corrected chi connectivity index (χ1v) is 20.7. The van der Waals surface area contributed by atoms with Gasteiger partial charge in [0, 0.05) is 86.7 Å². The normalized spacial score (nSPS) is 12.9. The molecule has 5 heterocycles. The number of hydrogen-bond acceptors (Lipinski definition) is 4. The van der Waals surface area contributed by atoms with Crippen LogP contribution in [0.2, 0.25) is 0 Å². The number of aromatic nitrogens is 1. The van der Waals surface area contributed by atoms with Gasteiger partial charge in [-0.15, -0.1) is 11.3 Å². The summed E-state index contributed by atoms with van der Waals surface area (Å²) in [6.45, 7) is 6.78. The minimum absolute atomic E-state index is 0.0753. The summed E-state index contributed by atoms with van der Waals surface area (Å²) >= 11 is 1.85. The lowest BCUT2D eigenvalue weighted by molar-refractivity contribution is 0.590. The topological polar surface area (TPSA) is 43.2 Å². The summed E-state index contributed by atoms with van der Waals surface area (Å²) in [5.74, 6) is 0. The van der Waals surface area contributed by atoms with E-state index in [0.717, 1.165) is 77.5 Å². The van der Waals surface area contributed by atoms with Crippen molar-refractivity contribution in [1.29, 1.82) is 0 Å². The zero-order chi connectivity index (χ0) is 38.4. The maximum atomic E-state index is 6.52. The van der Waals surface area contributed by atoms with Crippen LogP contribution in [0.15, 0.2) is 154 Å². The molecule has 8 aromatic carbocycles. The standard InChI is InChI=1S/C52H34BN2O2S/c1-52(2,3)28-16-18-29(19-17-28)54-41-26-49-39(32-12-6-9-15-48(32)58-49)22-35(41)33-20-21-34-36-23-37-30-10-4-7-13-44(30)57-47(37)27-42(36)55-43-24-38-31-11-5-8-14-45(31)56-46(38)25-40(43)53-50(33)51(34)55/h4-27,54H,1-3H3. The van der Waals surface area contributed by atoms with E-state index in [9.17, 15) is 0 Å². The minimum Gasteiger partial charge on any atom is -0.456 e. The molecule has 0 atom stereocenters. The van der Waals surface area contributed by atoms with Crippen molar-refractivity contribution in [1.82, 2.24) is 4.57 Å². The lowest BCUT2D eigenvalue weighted by Crippen LogP contribution is -2.37. The molecule has 58 heavy (non-hydrogen) atoms. The molecule has 0 amide bonds. The third-order valence-corrected chi connectivity index (χ3v) is 13.5. The third kappa shape index (κ3) is 4.52. The van der Waals surface area contributed by atoms with Gasteiger partial charge in [0.1, 0.15) is 22.3 Å². The SMILES string of the molecule is CC(C)(C)c1ccc(Nc2cc3sc4ccccc4c3cc2-c2ccc3c4cc5c(cc4n4c3c2[B]c2cc3oc6ccccc6c3cc2-4)oc2ccccc25)cc1. The molecule has 0 saturated heterocycles. The summed E-state index contributed by atoms with van der Waals surface area (Å²) in [5, 5.41) is 13.4. The molecule has 0 spiro atoms. The van der Waals surface area contributed by atoms with Gasteiger partial charge in [-0.05, 0) is 82.7 Å². The molecular formula is C52H34BN2O2S. The second-order valence-electron chi connectivity index (χ2n) is 16.8. The number of anilines is 2. The highest BCUT2D eigenvalue weighted by Crippen LogP contribution is 2.44. The highest BCUT2D eigenvalue weighted by Gasteiger charge is 2.29. The quantitative estimate of drug-likeness (QED) is 0.182. The largest absolute Gasteiger partial charge is 0.456 e. The van der Waals surface area contributed by atoms with Crippen LogP contribution in [0.4, 0.5) is 11.4 Å². The first-order chi connectivity index (χ1) is 28.3. The van der Waals surface area contributed by atoms with Gasteiger partial charge in [-0.3, -0.25) is 0 Å². The lowest BCUT2D eigenvalue weighted by atomic mass is 9.59. The Kier molecular flexibility index (Phi) is 6.37. The number of para-hydroxylation sites is 2. The smallest absolute Gasteiger partial charge is 0.198 e. The van der Waals surface area contributed by atoms with E-state index in [1.165, 1.54) is 53.1 Å². The van der Waals surface area contributed by atoms with Gasteiger partial charge in [0.05, 0.1) is 5.52 Å². The fourth-order valence-electron chi connectivity index (χ4n) is 9.53. The summed E-state index contributed by atoms with van der Waals surface area (Å²) in [5.41, 5.74) is 15.2. The Labute approximate surface area is 338 Å². The number of hydrogen-bond donors (Lipinski definition) is 1. The first-order valence-electron chi connectivity index (χ1n) is 19.9. The number of benzene rings is 8. The van der Waals surface area contributed by atoms with Crippen LogP contribution in [0.1, 0.15) is 26.3 Å². The van der Waals surface area contributed by atoms with Gasteiger partial charge in [0.25, 0.3) is 0 Å². The average molecular weight is 762 g/mol. The van der Waals surface area contributed by atoms with Crippen molar-refractivity contribution in [2.24, 2.45) is 0 Å². The van der Waals surface area contributed by atoms with Crippen LogP contribution in [0.25, 0.3) is 103 Å². The summed E-state index contributed by atoms with van der Waals surface area (Å²) in [6, 6.07) is 53.0. The molecule has 1 aliphatic heterocycles. The number of nitrogens with one attached hydrogen (secondary N) is 1. The van der Waals surface area contributed by atoms with Gasteiger partial charge in [0.2, 0.25) is 0 Å². The van der Waals surface area contributed by atoms with E-state index in [0.29, 0.717) is 0 Å². The van der Waals surface area contributed by atoms with Gasteiger partial charge >= 0.3 is 0 Å². The molecule has 6 heteroatoms. The maximum absolute atomic E-state index is 6.52. The van der Waals surface area contributed by atoms with E-state index in [4.69, 9.17) is 8.83 Å². The molecule has 0 unspecified atom stereocenters. The van der Waals surface area contributed by atoms with Gasteiger partial charge in [-0.25, -0.2) is 0 Å². The Morgan fingerprint density at radius 2 is 1.22 bits per heavy atom. The molecule has 0 aliphatic carbocycles. The Morgan fingerprint density at radius 1 is 0.534 bits per heavy atom. The molecule has 4 aromatic heterocycles. The molecule has 1 radical (unpaired) electrons. The second kappa shape index (κ2) is 11.4. The zero-order valence-corrected chi connectivity index (χ0v) is 32.9. The van der Waals surface area contributed by atoms with E-state index < -0.39 is 0 Å².